The molecule has 3 N–H and O–H groups in total. The molecule has 0 fully saturated rings. The van der Waals surface area contributed by atoms with E-state index in [1.54, 1.807) is 24.3 Å². The van der Waals surface area contributed by atoms with Gasteiger partial charge in [-0.3, -0.25) is 0 Å². The first-order valence-corrected chi connectivity index (χ1v) is 5.85. The van der Waals surface area contributed by atoms with E-state index >= 15 is 0 Å². The van der Waals surface area contributed by atoms with Crippen LogP contribution in [0.3, 0.4) is 0 Å². The van der Waals surface area contributed by atoms with E-state index in [2.05, 4.69) is 0 Å². The number of esters is 1. The maximum absolute atomic E-state index is 11.7. The quantitative estimate of drug-likeness (QED) is 0.462. The smallest absolute Gasteiger partial charge is 0.374 e. The highest BCUT2D eigenvalue weighted by Crippen LogP contribution is 2.22. The van der Waals surface area contributed by atoms with Gasteiger partial charge >= 0.3 is 5.97 Å². The Hall–Kier alpha value is -2.05. The monoisotopic (exact) mass is 265 g/mol. The minimum Gasteiger partial charge on any atom is -0.457 e. The van der Waals surface area contributed by atoms with E-state index in [4.69, 9.17) is 24.7 Å². The van der Waals surface area contributed by atoms with Crippen molar-refractivity contribution in [2.75, 3.05) is 32.2 Å². The number of rotatable bonds is 6. The molecule has 102 valence electrons. The van der Waals surface area contributed by atoms with Gasteiger partial charge in [0.1, 0.15) is 12.2 Å². The molecule has 2 rings (SSSR count). The van der Waals surface area contributed by atoms with Crippen molar-refractivity contribution < 1.29 is 23.8 Å². The Morgan fingerprint density at radius 1 is 1.26 bits per heavy atom. The summed E-state index contributed by atoms with van der Waals surface area (Å²) >= 11 is 0. The van der Waals surface area contributed by atoms with Gasteiger partial charge in [0.05, 0.1) is 19.8 Å². The molecule has 0 amide bonds. The Balaban J connectivity index is 1.94. The zero-order valence-electron chi connectivity index (χ0n) is 10.3. The van der Waals surface area contributed by atoms with Gasteiger partial charge < -0.3 is 24.7 Å². The minimum atomic E-state index is -0.553. The van der Waals surface area contributed by atoms with Crippen LogP contribution >= 0.6 is 0 Å². The first kappa shape index (κ1) is 13.4. The molecule has 6 heteroatoms. The topological polar surface area (TPSA) is 94.9 Å². The maximum Gasteiger partial charge on any atom is 0.374 e. The number of hydrogen-bond donors (Lipinski definition) is 2. The lowest BCUT2D eigenvalue weighted by atomic mass is 10.2. The van der Waals surface area contributed by atoms with Gasteiger partial charge in [0.15, 0.2) is 0 Å². The number of furan rings is 1. The fourth-order valence-electron chi connectivity index (χ4n) is 1.59. The minimum absolute atomic E-state index is 0.0566. The SMILES string of the molecule is Nc1ccc2oc(C(=O)OCCOCCO)cc2c1. The number of nitrogens with two attached hydrogens (primary N) is 1. The number of nitrogen functional groups attached to an aromatic ring is 1. The fraction of sp³-hybridized carbons (Fsp3) is 0.308. The number of ether oxygens (including phenoxy) is 2. The van der Waals surface area contributed by atoms with E-state index in [1.807, 2.05) is 0 Å². The predicted octanol–water partition coefficient (Wildman–Crippen LogP) is 1.18. The Morgan fingerprint density at radius 3 is 2.89 bits per heavy atom. The molecule has 1 aromatic carbocycles. The van der Waals surface area contributed by atoms with Crippen LogP contribution in [0.4, 0.5) is 5.69 Å². The van der Waals surface area contributed by atoms with Gasteiger partial charge in [-0.15, -0.1) is 0 Å². The van der Waals surface area contributed by atoms with E-state index in [0.717, 1.165) is 5.39 Å². The first-order chi connectivity index (χ1) is 9.20. The van der Waals surface area contributed by atoms with E-state index in [-0.39, 0.29) is 32.2 Å². The second kappa shape index (κ2) is 6.21. The number of aliphatic hydroxyl groups is 1. The molecule has 19 heavy (non-hydrogen) atoms. The van der Waals surface area contributed by atoms with Crippen molar-refractivity contribution >= 4 is 22.6 Å². The van der Waals surface area contributed by atoms with Crippen LogP contribution in [0.1, 0.15) is 10.6 Å². The van der Waals surface area contributed by atoms with E-state index in [0.29, 0.717) is 11.3 Å². The van der Waals surface area contributed by atoms with Gasteiger partial charge in [-0.25, -0.2) is 4.79 Å². The second-order valence-corrected chi connectivity index (χ2v) is 3.88. The molecule has 0 aliphatic heterocycles. The van der Waals surface area contributed by atoms with Crippen LogP contribution in [-0.4, -0.2) is 37.5 Å². The van der Waals surface area contributed by atoms with Crippen LogP contribution in [0.25, 0.3) is 11.0 Å². The van der Waals surface area contributed by atoms with Gasteiger partial charge in [0.25, 0.3) is 0 Å². The van der Waals surface area contributed by atoms with Gasteiger partial charge in [0, 0.05) is 11.1 Å². The van der Waals surface area contributed by atoms with Gasteiger partial charge in [-0.05, 0) is 24.3 Å². The number of hydrogen-bond acceptors (Lipinski definition) is 6. The Labute approximate surface area is 109 Å². The molecule has 0 radical (unpaired) electrons. The van der Waals surface area contributed by atoms with Crippen molar-refractivity contribution in [3.8, 4) is 0 Å². The van der Waals surface area contributed by atoms with E-state index in [9.17, 15) is 4.79 Å². The highest BCUT2D eigenvalue weighted by Gasteiger charge is 2.13. The molecule has 0 bridgehead atoms. The van der Waals surface area contributed by atoms with Crippen LogP contribution in [0.2, 0.25) is 0 Å². The molecule has 6 nitrogen and oxygen atoms in total. The summed E-state index contributed by atoms with van der Waals surface area (Å²) in [4.78, 5) is 11.7. The summed E-state index contributed by atoms with van der Waals surface area (Å²) in [5, 5.41) is 9.25. The van der Waals surface area contributed by atoms with Crippen molar-refractivity contribution in [3.05, 3.63) is 30.0 Å². The number of benzene rings is 1. The van der Waals surface area contributed by atoms with Gasteiger partial charge in [-0.1, -0.05) is 0 Å². The molecule has 0 saturated heterocycles. The highest BCUT2D eigenvalue weighted by atomic mass is 16.6. The maximum atomic E-state index is 11.7. The Kier molecular flexibility index (Phi) is 4.38. The summed E-state index contributed by atoms with van der Waals surface area (Å²) < 4.78 is 15.3. The van der Waals surface area contributed by atoms with Crippen molar-refractivity contribution in [2.45, 2.75) is 0 Å². The molecule has 1 heterocycles. The average Bonchev–Trinajstić information content (AvgIpc) is 2.81. The van der Waals surface area contributed by atoms with E-state index in [1.165, 1.54) is 0 Å². The summed E-state index contributed by atoms with van der Waals surface area (Å²) in [5.74, 6) is -0.426. The fourth-order valence-corrected chi connectivity index (χ4v) is 1.59. The third kappa shape index (κ3) is 3.46. The van der Waals surface area contributed by atoms with Crippen molar-refractivity contribution in [1.82, 2.24) is 0 Å². The molecule has 0 aliphatic carbocycles. The molecule has 0 aliphatic rings. The number of carbonyl (C=O) groups excluding carboxylic acids is 1. The summed E-state index contributed by atoms with van der Waals surface area (Å²) in [7, 11) is 0. The van der Waals surface area contributed by atoms with Crippen molar-refractivity contribution in [3.63, 3.8) is 0 Å². The van der Waals surface area contributed by atoms with Crippen molar-refractivity contribution in [2.24, 2.45) is 0 Å². The highest BCUT2D eigenvalue weighted by molar-refractivity contribution is 5.93. The lowest BCUT2D eigenvalue weighted by Crippen LogP contribution is -2.11. The van der Waals surface area contributed by atoms with Gasteiger partial charge in [0.2, 0.25) is 5.76 Å². The Bertz CT molecular complexity index is 563. The number of anilines is 1. The van der Waals surface area contributed by atoms with Crippen LogP contribution in [0, 0.1) is 0 Å². The summed E-state index contributed by atoms with van der Waals surface area (Å²) in [6, 6.07) is 6.71. The summed E-state index contributed by atoms with van der Waals surface area (Å²) in [5.41, 5.74) is 6.82. The van der Waals surface area contributed by atoms with Crippen LogP contribution in [0.5, 0.6) is 0 Å². The summed E-state index contributed by atoms with van der Waals surface area (Å²) in [6.07, 6.45) is 0. The zero-order chi connectivity index (χ0) is 13.7. The lowest BCUT2D eigenvalue weighted by Gasteiger charge is -2.02. The van der Waals surface area contributed by atoms with Crippen LogP contribution in [0.15, 0.2) is 28.7 Å². The first-order valence-electron chi connectivity index (χ1n) is 5.85. The van der Waals surface area contributed by atoms with E-state index < -0.39 is 5.97 Å². The van der Waals surface area contributed by atoms with Crippen LogP contribution < -0.4 is 5.73 Å². The van der Waals surface area contributed by atoms with Crippen LogP contribution in [-0.2, 0) is 9.47 Å². The number of aliphatic hydroxyl groups excluding tert-OH is 1. The number of fused-ring (bicyclic) bond motifs is 1. The third-order valence-corrected chi connectivity index (χ3v) is 2.44. The normalized spacial score (nSPS) is 10.8. The molecule has 0 unspecified atom stereocenters. The van der Waals surface area contributed by atoms with Gasteiger partial charge in [-0.2, -0.15) is 0 Å². The summed E-state index contributed by atoms with van der Waals surface area (Å²) in [6.45, 7) is 0.512. The predicted molar refractivity (Wildman–Crippen MR) is 68.8 cm³/mol. The van der Waals surface area contributed by atoms with Crippen molar-refractivity contribution in [1.29, 1.82) is 0 Å². The molecule has 0 spiro atoms. The largest absolute Gasteiger partial charge is 0.457 e. The molecule has 0 atom stereocenters. The lowest BCUT2D eigenvalue weighted by molar-refractivity contribution is 0.0234. The third-order valence-electron chi connectivity index (χ3n) is 2.44. The molecular formula is C13H15NO5. The molecule has 0 saturated carbocycles. The molecular weight excluding hydrogens is 250 g/mol. The molecule has 1 aromatic heterocycles. The number of carbonyl (C=O) groups is 1. The Morgan fingerprint density at radius 2 is 2.11 bits per heavy atom. The zero-order valence-corrected chi connectivity index (χ0v) is 10.3. The average molecular weight is 265 g/mol. The second-order valence-electron chi connectivity index (χ2n) is 3.88. The molecule has 2 aromatic rings. The standard InChI is InChI=1S/C13H15NO5/c14-10-1-2-11-9(7-10)8-12(19-11)13(16)18-6-5-17-4-3-15/h1-2,7-8,15H,3-6,14H2.